The molecule has 142 valence electrons. The molecular formula is C17H14ClNO8. The molecule has 0 radical (unpaired) electrons. The summed E-state index contributed by atoms with van der Waals surface area (Å²) < 4.78 is 10.4. The van der Waals surface area contributed by atoms with E-state index in [1.54, 1.807) is 0 Å². The van der Waals surface area contributed by atoms with Crippen molar-refractivity contribution in [2.75, 3.05) is 13.2 Å². The number of nitrogens with zero attached hydrogens (tertiary/aromatic N) is 1. The van der Waals surface area contributed by atoms with Gasteiger partial charge >= 0.3 is 11.9 Å². The number of rotatable bonds is 9. The van der Waals surface area contributed by atoms with Gasteiger partial charge in [0.05, 0.1) is 4.92 Å². The summed E-state index contributed by atoms with van der Waals surface area (Å²) in [4.78, 5) is 31.9. The lowest BCUT2D eigenvalue weighted by atomic mass is 10.0. The Kier molecular flexibility index (Phi) is 6.56. The number of non-ortho nitro benzene ring substituents is 1. The number of ether oxygens (including phenoxy) is 2. The Morgan fingerprint density at radius 1 is 0.963 bits per heavy atom. The zero-order valence-electron chi connectivity index (χ0n) is 13.8. The molecule has 0 aliphatic rings. The van der Waals surface area contributed by atoms with Crippen LogP contribution in [0.4, 0.5) is 5.69 Å². The van der Waals surface area contributed by atoms with Crippen molar-refractivity contribution >= 4 is 29.2 Å². The molecule has 0 heterocycles. The third-order valence-electron chi connectivity index (χ3n) is 3.36. The van der Waals surface area contributed by atoms with E-state index in [2.05, 4.69) is 0 Å². The van der Waals surface area contributed by atoms with E-state index >= 15 is 0 Å². The van der Waals surface area contributed by atoms with Crippen LogP contribution >= 0.6 is 11.6 Å². The van der Waals surface area contributed by atoms with Crippen LogP contribution in [0.25, 0.3) is 0 Å². The number of carbonyl (C=O) groups is 2. The second-order valence-corrected chi connectivity index (χ2v) is 5.78. The molecule has 9 nitrogen and oxygen atoms in total. The van der Waals surface area contributed by atoms with Gasteiger partial charge in [-0.3, -0.25) is 10.1 Å². The fraction of sp³-hybridized carbons (Fsp3) is 0.176. The van der Waals surface area contributed by atoms with Gasteiger partial charge in [0.2, 0.25) is 0 Å². The summed E-state index contributed by atoms with van der Waals surface area (Å²) in [5.74, 6) is -1.99. The molecule has 10 heteroatoms. The maximum atomic E-state index is 11.0. The average Bonchev–Trinajstić information content (AvgIpc) is 2.59. The molecule has 0 bridgehead atoms. The number of nitro groups is 1. The first-order valence-corrected chi connectivity index (χ1v) is 7.89. The van der Waals surface area contributed by atoms with Gasteiger partial charge in [-0.1, -0.05) is 11.6 Å². The van der Waals surface area contributed by atoms with Gasteiger partial charge in [-0.05, 0) is 24.3 Å². The van der Waals surface area contributed by atoms with Crippen LogP contribution in [0.15, 0.2) is 36.4 Å². The van der Waals surface area contributed by atoms with Gasteiger partial charge in [-0.15, -0.1) is 0 Å². The van der Waals surface area contributed by atoms with E-state index in [0.717, 1.165) is 0 Å². The largest absolute Gasteiger partial charge is 0.482 e. The molecule has 0 aliphatic heterocycles. The normalized spacial score (nSPS) is 10.3. The minimum atomic E-state index is -1.20. The number of carboxylic acids is 2. The Bertz CT molecular complexity index is 883. The number of hydrogen-bond donors (Lipinski definition) is 2. The molecule has 0 fully saturated rings. The smallest absolute Gasteiger partial charge is 0.341 e. The first-order chi connectivity index (χ1) is 12.8. The van der Waals surface area contributed by atoms with Crippen LogP contribution in [0.3, 0.4) is 0 Å². The van der Waals surface area contributed by atoms with Crippen LogP contribution in [0.2, 0.25) is 5.02 Å². The van der Waals surface area contributed by atoms with E-state index in [1.807, 2.05) is 0 Å². The molecule has 2 N–H and O–H groups in total. The Balaban J connectivity index is 2.40. The van der Waals surface area contributed by atoms with Crippen LogP contribution in [-0.2, 0) is 16.0 Å². The van der Waals surface area contributed by atoms with Crippen molar-refractivity contribution in [2.45, 2.75) is 6.42 Å². The lowest BCUT2D eigenvalue weighted by molar-refractivity contribution is -0.384. The van der Waals surface area contributed by atoms with Crippen LogP contribution in [-0.4, -0.2) is 40.3 Å². The summed E-state index contributed by atoms with van der Waals surface area (Å²) in [6, 6.07) is 8.27. The maximum Gasteiger partial charge on any atom is 0.341 e. The topological polar surface area (TPSA) is 136 Å². The monoisotopic (exact) mass is 395 g/mol. The standard InChI is InChI=1S/C17H14ClNO8/c18-12-1-3-14(26-8-16(20)21)10(6-12)5-11-7-13(19(24)25)2-4-15(11)27-9-17(22)23/h1-4,6-7H,5,8-9H2,(H,20,21)(H,22,23). The molecule has 0 atom stereocenters. The molecule has 2 rings (SSSR count). The molecule has 0 unspecified atom stereocenters. The fourth-order valence-corrected chi connectivity index (χ4v) is 2.46. The molecule has 0 saturated carbocycles. The molecule has 2 aromatic rings. The summed E-state index contributed by atoms with van der Waals surface area (Å²) in [6.45, 7) is -1.20. The van der Waals surface area contributed by atoms with Crippen molar-refractivity contribution in [1.29, 1.82) is 0 Å². The Labute approximate surface area is 157 Å². The summed E-state index contributed by atoms with van der Waals surface area (Å²) >= 11 is 5.98. The number of benzene rings is 2. The third kappa shape index (κ3) is 5.86. The highest BCUT2D eigenvalue weighted by atomic mass is 35.5. The highest BCUT2D eigenvalue weighted by molar-refractivity contribution is 6.30. The van der Waals surface area contributed by atoms with Gasteiger partial charge < -0.3 is 19.7 Å². The minimum Gasteiger partial charge on any atom is -0.482 e. The quantitative estimate of drug-likeness (QED) is 0.488. The molecule has 2 aromatic carbocycles. The Hall–Kier alpha value is -3.33. The van der Waals surface area contributed by atoms with Crippen molar-refractivity contribution < 1.29 is 34.2 Å². The average molecular weight is 396 g/mol. The van der Waals surface area contributed by atoms with Crippen LogP contribution < -0.4 is 9.47 Å². The molecule has 0 saturated heterocycles. The van der Waals surface area contributed by atoms with Crippen LogP contribution in [0.5, 0.6) is 11.5 Å². The molecule has 0 amide bonds. The summed E-state index contributed by atoms with van der Waals surface area (Å²) in [5, 5.41) is 28.9. The van der Waals surface area contributed by atoms with Crippen molar-refractivity contribution in [3.63, 3.8) is 0 Å². The van der Waals surface area contributed by atoms with Gasteiger partial charge in [0, 0.05) is 34.7 Å². The van der Waals surface area contributed by atoms with E-state index in [0.29, 0.717) is 16.1 Å². The number of hydrogen-bond acceptors (Lipinski definition) is 6. The predicted molar refractivity (Wildman–Crippen MR) is 93.6 cm³/mol. The summed E-state index contributed by atoms with van der Waals surface area (Å²) in [7, 11) is 0. The van der Waals surface area contributed by atoms with Crippen molar-refractivity contribution in [2.24, 2.45) is 0 Å². The van der Waals surface area contributed by atoms with E-state index in [4.69, 9.17) is 31.3 Å². The zero-order valence-corrected chi connectivity index (χ0v) is 14.5. The van der Waals surface area contributed by atoms with Crippen molar-refractivity contribution in [3.05, 3.63) is 62.7 Å². The summed E-state index contributed by atoms with van der Waals surface area (Å²) in [5.41, 5.74) is 0.583. The van der Waals surface area contributed by atoms with E-state index in [9.17, 15) is 19.7 Å². The zero-order chi connectivity index (χ0) is 20.0. The lowest BCUT2D eigenvalue weighted by Gasteiger charge is -2.13. The highest BCUT2D eigenvalue weighted by Crippen LogP contribution is 2.31. The number of aliphatic carboxylic acids is 2. The minimum absolute atomic E-state index is 0.0478. The lowest BCUT2D eigenvalue weighted by Crippen LogP contribution is -2.12. The third-order valence-corrected chi connectivity index (χ3v) is 3.60. The van der Waals surface area contributed by atoms with Gasteiger partial charge in [0.1, 0.15) is 11.5 Å². The van der Waals surface area contributed by atoms with Gasteiger partial charge in [-0.25, -0.2) is 9.59 Å². The summed E-state index contributed by atoms with van der Waals surface area (Å²) in [6.07, 6.45) is 0.0478. The molecule has 0 aliphatic carbocycles. The fourth-order valence-electron chi connectivity index (χ4n) is 2.27. The Morgan fingerprint density at radius 3 is 2.00 bits per heavy atom. The van der Waals surface area contributed by atoms with Crippen molar-refractivity contribution in [3.8, 4) is 11.5 Å². The van der Waals surface area contributed by atoms with Crippen LogP contribution in [0, 0.1) is 10.1 Å². The number of carboxylic acid groups (broad SMARTS) is 2. The number of nitro benzene ring substituents is 1. The molecule has 0 aromatic heterocycles. The second-order valence-electron chi connectivity index (χ2n) is 5.34. The van der Waals surface area contributed by atoms with E-state index in [1.165, 1.54) is 36.4 Å². The molecular weight excluding hydrogens is 382 g/mol. The van der Waals surface area contributed by atoms with Gasteiger partial charge in [0.25, 0.3) is 5.69 Å². The molecule has 27 heavy (non-hydrogen) atoms. The highest BCUT2D eigenvalue weighted by Gasteiger charge is 2.16. The van der Waals surface area contributed by atoms with Gasteiger partial charge in [0.15, 0.2) is 13.2 Å². The van der Waals surface area contributed by atoms with Crippen molar-refractivity contribution in [1.82, 2.24) is 0 Å². The van der Waals surface area contributed by atoms with E-state index in [-0.39, 0.29) is 23.6 Å². The van der Waals surface area contributed by atoms with Crippen LogP contribution in [0.1, 0.15) is 11.1 Å². The van der Waals surface area contributed by atoms with Gasteiger partial charge in [-0.2, -0.15) is 0 Å². The predicted octanol–water partition coefficient (Wildman–Crippen LogP) is 2.77. The van der Waals surface area contributed by atoms with E-state index < -0.39 is 30.1 Å². The molecule has 0 spiro atoms. The first kappa shape index (κ1) is 20.0. The maximum absolute atomic E-state index is 11.0. The second kappa shape index (κ2) is 8.86. The SMILES string of the molecule is O=C(O)COc1ccc(Cl)cc1Cc1cc([N+](=O)[O-])ccc1OCC(=O)O. The first-order valence-electron chi connectivity index (χ1n) is 7.51. The number of halogens is 1. The Morgan fingerprint density at radius 2 is 1.48 bits per heavy atom.